The van der Waals surface area contributed by atoms with E-state index in [2.05, 4.69) is 0 Å². The van der Waals surface area contributed by atoms with Gasteiger partial charge in [0.1, 0.15) is 11.5 Å². The van der Waals surface area contributed by atoms with E-state index in [1.54, 1.807) is 36.4 Å². The molecule has 0 aromatic heterocycles. The number of phenolic OH excluding ortho intramolecular Hbond substituents is 2. The highest BCUT2D eigenvalue weighted by atomic mass is 32.2. The number of hydrogen-bond donors (Lipinski definition) is 2. The molecule has 3 heteroatoms. The topological polar surface area (TPSA) is 40.5 Å². The van der Waals surface area contributed by atoms with Gasteiger partial charge in [-0.05, 0) is 36.4 Å². The Kier molecular flexibility index (Phi) is 2.83. The Hall–Kier alpha value is -1.61. The van der Waals surface area contributed by atoms with Crippen LogP contribution in [0, 0.1) is 0 Å². The molecule has 0 saturated carbocycles. The largest absolute Gasteiger partial charge is 0.508 e. The quantitative estimate of drug-likeness (QED) is 0.812. The third-order valence-corrected chi connectivity index (χ3v) is 2.85. The van der Waals surface area contributed by atoms with Crippen LogP contribution < -0.4 is 0 Å². The van der Waals surface area contributed by atoms with Crippen LogP contribution in [-0.2, 0) is 0 Å². The minimum atomic E-state index is 0.250. The predicted octanol–water partition coefficient (Wildman–Crippen LogP) is 3.25. The SMILES string of the molecule is Oc1cccc(Sc2cccc(O)c2)c1. The smallest absolute Gasteiger partial charge is 0.116 e. The molecule has 0 amide bonds. The first-order valence-electron chi connectivity index (χ1n) is 4.50. The third-order valence-electron chi connectivity index (χ3n) is 1.87. The van der Waals surface area contributed by atoms with Crippen molar-refractivity contribution in [3.05, 3.63) is 48.5 Å². The molecule has 76 valence electrons. The molecule has 0 spiro atoms. The normalized spacial score (nSPS) is 10.1. The van der Waals surface area contributed by atoms with Gasteiger partial charge < -0.3 is 10.2 Å². The molecule has 0 atom stereocenters. The van der Waals surface area contributed by atoms with Gasteiger partial charge >= 0.3 is 0 Å². The molecule has 0 fully saturated rings. The molecule has 2 nitrogen and oxygen atoms in total. The average Bonchev–Trinajstić information content (AvgIpc) is 2.17. The van der Waals surface area contributed by atoms with Gasteiger partial charge in [0.2, 0.25) is 0 Å². The molecule has 2 aromatic carbocycles. The van der Waals surface area contributed by atoms with Crippen molar-refractivity contribution < 1.29 is 10.2 Å². The van der Waals surface area contributed by atoms with Gasteiger partial charge in [-0.2, -0.15) is 0 Å². The Morgan fingerprint density at radius 2 is 1.20 bits per heavy atom. The van der Waals surface area contributed by atoms with Crippen LogP contribution in [0.2, 0.25) is 0 Å². The van der Waals surface area contributed by atoms with Crippen LogP contribution in [0.4, 0.5) is 0 Å². The van der Waals surface area contributed by atoms with Crippen LogP contribution in [0.25, 0.3) is 0 Å². The van der Waals surface area contributed by atoms with Gasteiger partial charge in [0.05, 0.1) is 0 Å². The van der Waals surface area contributed by atoms with E-state index < -0.39 is 0 Å². The Balaban J connectivity index is 2.22. The van der Waals surface area contributed by atoms with Gasteiger partial charge in [-0.1, -0.05) is 23.9 Å². The molecular formula is C12H10O2S. The zero-order valence-electron chi connectivity index (χ0n) is 7.92. The second-order valence-corrected chi connectivity index (χ2v) is 4.24. The average molecular weight is 218 g/mol. The lowest BCUT2D eigenvalue weighted by molar-refractivity contribution is 0.473. The monoisotopic (exact) mass is 218 g/mol. The van der Waals surface area contributed by atoms with E-state index in [1.807, 2.05) is 12.1 Å². The molecule has 2 aromatic rings. The first-order valence-corrected chi connectivity index (χ1v) is 5.31. The standard InChI is InChI=1S/C12H10O2S/c13-9-3-1-5-11(7-9)15-12-6-2-4-10(14)8-12/h1-8,13-14H. The Labute approximate surface area is 92.2 Å². The summed E-state index contributed by atoms with van der Waals surface area (Å²) in [5, 5.41) is 18.6. The number of benzene rings is 2. The fraction of sp³-hybridized carbons (Fsp3) is 0. The lowest BCUT2D eigenvalue weighted by atomic mass is 10.3. The van der Waals surface area contributed by atoms with E-state index in [0.717, 1.165) is 9.79 Å². The Morgan fingerprint density at radius 3 is 1.60 bits per heavy atom. The number of rotatable bonds is 2. The van der Waals surface area contributed by atoms with Crippen molar-refractivity contribution >= 4 is 11.8 Å². The predicted molar refractivity (Wildman–Crippen MR) is 60.3 cm³/mol. The zero-order chi connectivity index (χ0) is 10.7. The zero-order valence-corrected chi connectivity index (χ0v) is 8.74. The summed E-state index contributed by atoms with van der Waals surface area (Å²) < 4.78 is 0. The molecule has 15 heavy (non-hydrogen) atoms. The maximum absolute atomic E-state index is 9.28. The van der Waals surface area contributed by atoms with Crippen molar-refractivity contribution in [2.24, 2.45) is 0 Å². The number of hydrogen-bond acceptors (Lipinski definition) is 3. The fourth-order valence-corrected chi connectivity index (χ4v) is 2.15. The maximum Gasteiger partial charge on any atom is 0.116 e. The highest BCUT2D eigenvalue weighted by molar-refractivity contribution is 7.99. The van der Waals surface area contributed by atoms with Crippen LogP contribution >= 0.6 is 11.8 Å². The first-order chi connectivity index (χ1) is 7.24. The summed E-state index contributed by atoms with van der Waals surface area (Å²) in [7, 11) is 0. The van der Waals surface area contributed by atoms with Gasteiger partial charge in [0.15, 0.2) is 0 Å². The minimum Gasteiger partial charge on any atom is -0.508 e. The highest BCUT2D eigenvalue weighted by Gasteiger charge is 1.99. The van der Waals surface area contributed by atoms with Gasteiger partial charge in [-0.25, -0.2) is 0 Å². The van der Waals surface area contributed by atoms with E-state index in [-0.39, 0.29) is 11.5 Å². The molecule has 0 radical (unpaired) electrons. The Morgan fingerprint density at radius 1 is 0.733 bits per heavy atom. The second kappa shape index (κ2) is 4.28. The lowest BCUT2D eigenvalue weighted by Gasteiger charge is -2.02. The Bertz CT molecular complexity index is 425. The van der Waals surface area contributed by atoms with E-state index in [1.165, 1.54) is 11.8 Å². The van der Waals surface area contributed by atoms with Crippen molar-refractivity contribution in [3.63, 3.8) is 0 Å². The summed E-state index contributed by atoms with van der Waals surface area (Å²) in [5.41, 5.74) is 0. The summed E-state index contributed by atoms with van der Waals surface area (Å²) >= 11 is 1.50. The molecule has 0 bridgehead atoms. The first kappa shape index (κ1) is 9.93. The molecule has 0 heterocycles. The summed E-state index contributed by atoms with van der Waals surface area (Å²) in [6.45, 7) is 0. The molecule has 0 aliphatic heterocycles. The van der Waals surface area contributed by atoms with E-state index in [9.17, 15) is 10.2 Å². The van der Waals surface area contributed by atoms with Crippen molar-refractivity contribution in [2.75, 3.05) is 0 Å². The molecule has 2 rings (SSSR count). The summed E-state index contributed by atoms with van der Waals surface area (Å²) in [4.78, 5) is 1.89. The molecule has 0 aliphatic rings. The fourth-order valence-electron chi connectivity index (χ4n) is 1.23. The summed E-state index contributed by atoms with van der Waals surface area (Å²) in [6, 6.07) is 14.0. The van der Waals surface area contributed by atoms with Crippen LogP contribution in [0.15, 0.2) is 58.3 Å². The lowest BCUT2D eigenvalue weighted by Crippen LogP contribution is -1.73. The van der Waals surface area contributed by atoms with Crippen molar-refractivity contribution in [1.29, 1.82) is 0 Å². The van der Waals surface area contributed by atoms with Crippen LogP contribution in [0.1, 0.15) is 0 Å². The van der Waals surface area contributed by atoms with Crippen LogP contribution in [-0.4, -0.2) is 10.2 Å². The maximum atomic E-state index is 9.28. The number of phenols is 2. The van der Waals surface area contributed by atoms with Crippen LogP contribution in [0.5, 0.6) is 11.5 Å². The van der Waals surface area contributed by atoms with Crippen molar-refractivity contribution in [1.82, 2.24) is 0 Å². The van der Waals surface area contributed by atoms with Gasteiger partial charge in [-0.3, -0.25) is 0 Å². The van der Waals surface area contributed by atoms with Crippen molar-refractivity contribution in [3.8, 4) is 11.5 Å². The minimum absolute atomic E-state index is 0.250. The van der Waals surface area contributed by atoms with Gasteiger partial charge in [0.25, 0.3) is 0 Å². The van der Waals surface area contributed by atoms with E-state index in [4.69, 9.17) is 0 Å². The highest BCUT2D eigenvalue weighted by Crippen LogP contribution is 2.31. The number of aromatic hydroxyl groups is 2. The summed E-state index contributed by atoms with van der Waals surface area (Å²) in [5.74, 6) is 0.500. The van der Waals surface area contributed by atoms with Crippen LogP contribution in [0.3, 0.4) is 0 Å². The second-order valence-electron chi connectivity index (χ2n) is 3.10. The molecule has 2 N–H and O–H groups in total. The molecule has 0 saturated heterocycles. The summed E-state index contributed by atoms with van der Waals surface area (Å²) in [6.07, 6.45) is 0. The van der Waals surface area contributed by atoms with Gasteiger partial charge in [-0.15, -0.1) is 0 Å². The third kappa shape index (κ3) is 2.67. The molecule has 0 aliphatic carbocycles. The molecular weight excluding hydrogens is 208 g/mol. The van der Waals surface area contributed by atoms with E-state index in [0.29, 0.717) is 0 Å². The van der Waals surface area contributed by atoms with Gasteiger partial charge in [0, 0.05) is 9.79 Å². The van der Waals surface area contributed by atoms with E-state index >= 15 is 0 Å². The van der Waals surface area contributed by atoms with Crippen molar-refractivity contribution in [2.45, 2.75) is 9.79 Å². The molecule has 0 unspecified atom stereocenters.